The van der Waals surface area contributed by atoms with Crippen LogP contribution in [0.5, 0.6) is 5.75 Å². The molecule has 0 aliphatic carbocycles. The number of halogens is 3. The van der Waals surface area contributed by atoms with Crippen molar-refractivity contribution in [1.29, 1.82) is 0 Å². The fourth-order valence-electron chi connectivity index (χ4n) is 3.60. The lowest BCUT2D eigenvalue weighted by atomic mass is 10.1. The van der Waals surface area contributed by atoms with E-state index in [9.17, 15) is 4.79 Å². The third kappa shape index (κ3) is 4.57. The number of likely N-dealkylation sites (N-methyl/N-ethyl adjacent to an activating group) is 1. The van der Waals surface area contributed by atoms with Gasteiger partial charge < -0.3 is 9.64 Å². The minimum Gasteiger partial charge on any atom is -0.489 e. The van der Waals surface area contributed by atoms with Gasteiger partial charge in [-0.15, -0.1) is 0 Å². The van der Waals surface area contributed by atoms with Crippen molar-refractivity contribution >= 4 is 64.6 Å². The molecule has 0 fully saturated rings. The molecule has 4 aromatic rings. The highest BCUT2D eigenvalue weighted by atomic mass is 79.9. The van der Waals surface area contributed by atoms with Gasteiger partial charge in [0.2, 0.25) is 0 Å². The third-order valence-electron chi connectivity index (χ3n) is 5.07. The number of carbonyl (C=O) groups is 1. The molecule has 0 unspecified atom stereocenters. The standard InChI is InChI=1S/C25H21Br3N2O2/c1-29(2)12-13-32-24-19-14-17(26)15-21(28)23(19)30(22(24)16-8-4-3-5-9-16)25(31)18-10-6-7-11-20(18)27/h3-11,14-15H,12-13H2,1-2H3. The Hall–Kier alpha value is -1.93. The topological polar surface area (TPSA) is 34.5 Å². The molecule has 32 heavy (non-hydrogen) atoms. The molecule has 0 radical (unpaired) electrons. The maximum absolute atomic E-state index is 13.9. The Labute approximate surface area is 212 Å². The van der Waals surface area contributed by atoms with Gasteiger partial charge in [-0.3, -0.25) is 9.36 Å². The van der Waals surface area contributed by atoms with E-state index in [4.69, 9.17) is 4.74 Å². The summed E-state index contributed by atoms with van der Waals surface area (Å²) >= 11 is 10.8. The third-order valence-corrected chi connectivity index (χ3v) is 6.83. The van der Waals surface area contributed by atoms with E-state index >= 15 is 0 Å². The summed E-state index contributed by atoms with van der Waals surface area (Å²) < 4.78 is 10.6. The highest BCUT2D eigenvalue weighted by Gasteiger charge is 2.27. The normalized spacial score (nSPS) is 11.3. The summed E-state index contributed by atoms with van der Waals surface area (Å²) in [6, 6.07) is 21.3. The molecular formula is C25H21Br3N2O2. The van der Waals surface area contributed by atoms with Crippen molar-refractivity contribution in [3.8, 4) is 17.0 Å². The Kier molecular flexibility index (Phi) is 7.20. The molecule has 0 aliphatic rings. The second-order valence-corrected chi connectivity index (χ2v) is 10.2. The summed E-state index contributed by atoms with van der Waals surface area (Å²) in [6.45, 7) is 1.26. The van der Waals surface area contributed by atoms with Gasteiger partial charge in [-0.05, 0) is 70.2 Å². The van der Waals surface area contributed by atoms with Crippen LogP contribution in [0.15, 0.2) is 80.1 Å². The number of nitrogens with zero attached hydrogens (tertiary/aromatic N) is 2. The summed E-state index contributed by atoms with van der Waals surface area (Å²) in [5, 5.41) is 0.865. The highest BCUT2D eigenvalue weighted by Crippen LogP contribution is 2.44. The van der Waals surface area contributed by atoms with Crippen LogP contribution in [-0.2, 0) is 0 Å². The maximum atomic E-state index is 13.9. The van der Waals surface area contributed by atoms with Gasteiger partial charge in [0.15, 0.2) is 5.75 Å². The predicted octanol–water partition coefficient (Wildman–Crippen LogP) is 7.22. The molecule has 0 saturated carbocycles. The van der Waals surface area contributed by atoms with Gasteiger partial charge in [0.25, 0.3) is 5.91 Å². The fraction of sp³-hybridized carbons (Fsp3) is 0.160. The van der Waals surface area contributed by atoms with Crippen molar-refractivity contribution in [2.24, 2.45) is 0 Å². The summed E-state index contributed by atoms with van der Waals surface area (Å²) in [7, 11) is 4.02. The molecule has 0 aliphatic heterocycles. The molecule has 0 N–H and O–H groups in total. The van der Waals surface area contributed by atoms with Gasteiger partial charge >= 0.3 is 0 Å². The SMILES string of the molecule is CN(C)CCOc1c(-c2ccccc2)n(C(=O)c2ccccc2Br)c2c(Br)cc(Br)cc12. The van der Waals surface area contributed by atoms with Crippen LogP contribution in [0.3, 0.4) is 0 Å². The van der Waals surface area contributed by atoms with E-state index in [1.807, 2.05) is 80.8 Å². The molecule has 0 atom stereocenters. The molecular weight excluding hydrogens is 600 g/mol. The first kappa shape index (κ1) is 23.2. The highest BCUT2D eigenvalue weighted by molar-refractivity contribution is 9.11. The van der Waals surface area contributed by atoms with Crippen LogP contribution in [0, 0.1) is 0 Å². The zero-order chi connectivity index (χ0) is 22.8. The van der Waals surface area contributed by atoms with Crippen molar-refractivity contribution in [3.05, 3.63) is 85.7 Å². The van der Waals surface area contributed by atoms with Crippen molar-refractivity contribution < 1.29 is 9.53 Å². The zero-order valence-electron chi connectivity index (χ0n) is 17.6. The first-order valence-electron chi connectivity index (χ1n) is 10.0. The number of carbonyl (C=O) groups excluding carboxylic acids is 1. The van der Waals surface area contributed by atoms with Crippen LogP contribution >= 0.6 is 47.8 Å². The Morgan fingerprint density at radius 2 is 1.62 bits per heavy atom. The van der Waals surface area contributed by atoms with Crippen LogP contribution in [0.1, 0.15) is 10.4 Å². The lowest BCUT2D eigenvalue weighted by Crippen LogP contribution is -2.19. The van der Waals surface area contributed by atoms with E-state index in [0.717, 1.165) is 42.1 Å². The molecule has 164 valence electrons. The smallest absolute Gasteiger partial charge is 0.264 e. The maximum Gasteiger partial charge on any atom is 0.264 e. The van der Waals surface area contributed by atoms with Crippen LogP contribution < -0.4 is 4.74 Å². The molecule has 1 aromatic heterocycles. The second kappa shape index (κ2) is 9.91. The summed E-state index contributed by atoms with van der Waals surface area (Å²) in [5.41, 5.74) is 3.00. The lowest BCUT2D eigenvalue weighted by Gasteiger charge is -2.14. The van der Waals surface area contributed by atoms with Crippen molar-refractivity contribution in [2.45, 2.75) is 0 Å². The molecule has 4 nitrogen and oxygen atoms in total. The van der Waals surface area contributed by atoms with Gasteiger partial charge in [0, 0.05) is 30.9 Å². The van der Waals surface area contributed by atoms with Gasteiger partial charge in [0.05, 0.1) is 16.8 Å². The Morgan fingerprint density at radius 3 is 2.31 bits per heavy atom. The lowest BCUT2D eigenvalue weighted by molar-refractivity contribution is 0.0965. The van der Waals surface area contributed by atoms with Crippen LogP contribution in [-0.4, -0.2) is 42.6 Å². The first-order valence-corrected chi connectivity index (χ1v) is 12.4. The number of fused-ring (bicyclic) bond motifs is 1. The van der Waals surface area contributed by atoms with E-state index in [1.165, 1.54) is 0 Å². The molecule has 0 amide bonds. The van der Waals surface area contributed by atoms with Gasteiger partial charge in [-0.25, -0.2) is 0 Å². The van der Waals surface area contributed by atoms with Crippen LogP contribution in [0.4, 0.5) is 0 Å². The van der Waals surface area contributed by atoms with Crippen molar-refractivity contribution in [2.75, 3.05) is 27.2 Å². The van der Waals surface area contributed by atoms with Crippen LogP contribution in [0.2, 0.25) is 0 Å². The fourth-order valence-corrected chi connectivity index (χ4v) is 5.45. The Balaban J connectivity index is 2.05. The number of hydrogen-bond donors (Lipinski definition) is 0. The number of aromatic nitrogens is 1. The van der Waals surface area contributed by atoms with E-state index in [-0.39, 0.29) is 5.91 Å². The first-order chi connectivity index (χ1) is 15.4. The summed E-state index contributed by atoms with van der Waals surface area (Å²) in [4.78, 5) is 16.0. The van der Waals surface area contributed by atoms with Crippen LogP contribution in [0.25, 0.3) is 22.2 Å². The predicted molar refractivity (Wildman–Crippen MR) is 141 cm³/mol. The van der Waals surface area contributed by atoms with E-state index in [1.54, 1.807) is 4.57 Å². The average Bonchev–Trinajstić information content (AvgIpc) is 3.08. The number of benzene rings is 3. The summed E-state index contributed by atoms with van der Waals surface area (Å²) in [5.74, 6) is 0.558. The number of hydrogen-bond acceptors (Lipinski definition) is 3. The Bertz CT molecular complexity index is 1280. The molecule has 0 spiro atoms. The molecule has 4 rings (SSSR count). The number of ether oxygens (including phenoxy) is 1. The van der Waals surface area contributed by atoms with Gasteiger partial charge in [-0.2, -0.15) is 0 Å². The second-order valence-electron chi connectivity index (χ2n) is 7.60. The molecule has 3 aromatic carbocycles. The average molecular weight is 621 g/mol. The van der Waals surface area contributed by atoms with Gasteiger partial charge in [-0.1, -0.05) is 58.4 Å². The molecule has 0 saturated heterocycles. The number of rotatable bonds is 6. The van der Waals surface area contributed by atoms with Gasteiger partial charge in [0.1, 0.15) is 6.61 Å². The minimum atomic E-state index is -0.133. The quantitative estimate of drug-likeness (QED) is 0.228. The monoisotopic (exact) mass is 618 g/mol. The van der Waals surface area contributed by atoms with Crippen molar-refractivity contribution in [3.63, 3.8) is 0 Å². The zero-order valence-corrected chi connectivity index (χ0v) is 22.4. The summed E-state index contributed by atoms with van der Waals surface area (Å²) in [6.07, 6.45) is 0. The molecule has 7 heteroatoms. The van der Waals surface area contributed by atoms with E-state index in [2.05, 4.69) is 52.7 Å². The molecule has 1 heterocycles. The molecule has 0 bridgehead atoms. The van der Waals surface area contributed by atoms with E-state index in [0.29, 0.717) is 17.9 Å². The van der Waals surface area contributed by atoms with E-state index < -0.39 is 0 Å². The minimum absolute atomic E-state index is 0.133. The largest absolute Gasteiger partial charge is 0.489 e. The van der Waals surface area contributed by atoms with Crippen molar-refractivity contribution in [1.82, 2.24) is 9.47 Å². The Morgan fingerprint density at radius 1 is 0.938 bits per heavy atom.